The van der Waals surface area contributed by atoms with Crippen molar-refractivity contribution in [2.24, 2.45) is 0 Å². The molecule has 1 atom stereocenters. The lowest BCUT2D eigenvalue weighted by molar-refractivity contribution is -0.135. The third-order valence-electron chi connectivity index (χ3n) is 3.29. The van der Waals surface area contributed by atoms with Crippen molar-refractivity contribution in [2.45, 2.75) is 31.3 Å². The summed E-state index contributed by atoms with van der Waals surface area (Å²) in [6.07, 6.45) is 0.965. The number of fused-ring (bicyclic) bond motifs is 1. The Kier molecular flexibility index (Phi) is 4.92. The number of nitrogens with one attached hydrogen (secondary N) is 1. The van der Waals surface area contributed by atoms with Gasteiger partial charge < -0.3 is 14.7 Å². The Morgan fingerprint density at radius 1 is 1.50 bits per heavy atom. The maximum absolute atomic E-state index is 12.1. The van der Waals surface area contributed by atoms with Gasteiger partial charge >= 0.3 is 5.97 Å². The molecule has 0 spiro atoms. The number of benzene rings is 1. The lowest BCUT2D eigenvalue weighted by Crippen LogP contribution is -2.39. The molecule has 0 aliphatic carbocycles. The summed E-state index contributed by atoms with van der Waals surface area (Å²) in [6, 6.07) is 4.56. The Labute approximate surface area is 129 Å². The van der Waals surface area contributed by atoms with Crippen molar-refractivity contribution in [3.05, 3.63) is 18.2 Å². The maximum Gasteiger partial charge on any atom is 0.318 e. The van der Waals surface area contributed by atoms with Crippen molar-refractivity contribution in [1.82, 2.24) is 4.72 Å². The first-order chi connectivity index (χ1) is 10.3. The van der Waals surface area contributed by atoms with Crippen LogP contribution in [0.1, 0.15) is 20.3 Å². The molecule has 2 rings (SSSR count). The fraction of sp³-hybridized carbons (Fsp3) is 0.500. The van der Waals surface area contributed by atoms with Crippen molar-refractivity contribution in [2.75, 3.05) is 24.5 Å². The number of hydrogen-bond acceptors (Lipinski definition) is 5. The third-order valence-corrected chi connectivity index (χ3v) is 4.69. The number of ether oxygens (including phenoxy) is 1. The topological polar surface area (TPSA) is 95.9 Å². The lowest BCUT2D eigenvalue weighted by atomic mass is 10.2. The Morgan fingerprint density at radius 2 is 2.23 bits per heavy atom. The second-order valence-electron chi connectivity index (χ2n) is 5.22. The summed E-state index contributed by atoms with van der Waals surface area (Å²) < 4.78 is 32.0. The molecule has 1 aromatic rings. The average molecular weight is 328 g/mol. The smallest absolute Gasteiger partial charge is 0.318 e. The quantitative estimate of drug-likeness (QED) is 0.810. The van der Waals surface area contributed by atoms with Crippen LogP contribution >= 0.6 is 0 Å². The molecule has 7 nitrogen and oxygen atoms in total. The Balaban J connectivity index is 2.33. The molecule has 1 unspecified atom stereocenters. The molecule has 122 valence electrons. The van der Waals surface area contributed by atoms with Crippen LogP contribution in [0.2, 0.25) is 0 Å². The summed E-state index contributed by atoms with van der Waals surface area (Å²) in [4.78, 5) is 12.6. The van der Waals surface area contributed by atoms with Crippen LogP contribution < -0.4 is 14.4 Å². The molecule has 0 fully saturated rings. The zero-order valence-corrected chi connectivity index (χ0v) is 13.4. The summed E-state index contributed by atoms with van der Waals surface area (Å²) in [7, 11) is -3.85. The SMILES string of the molecule is CCCN1CC(C)Oc2ccc(S(=O)(=O)NCC(=O)O)cc21. The van der Waals surface area contributed by atoms with Gasteiger partial charge in [0.1, 0.15) is 18.4 Å². The van der Waals surface area contributed by atoms with E-state index >= 15 is 0 Å². The maximum atomic E-state index is 12.1. The van der Waals surface area contributed by atoms with Gasteiger partial charge in [0.15, 0.2) is 0 Å². The molecule has 0 bridgehead atoms. The highest BCUT2D eigenvalue weighted by atomic mass is 32.2. The van der Waals surface area contributed by atoms with Crippen molar-refractivity contribution >= 4 is 21.7 Å². The molecule has 0 saturated heterocycles. The Bertz CT molecular complexity index is 659. The molecule has 0 aromatic heterocycles. The predicted molar refractivity (Wildman–Crippen MR) is 81.9 cm³/mol. The van der Waals surface area contributed by atoms with E-state index in [0.717, 1.165) is 18.7 Å². The standard InChI is InChI=1S/C14H20N2O5S/c1-3-6-16-9-10(2)21-13-5-4-11(7-12(13)16)22(19,20)15-8-14(17)18/h4-5,7,10,15H,3,6,8-9H2,1-2H3,(H,17,18). The number of carboxylic acid groups (broad SMARTS) is 1. The van der Waals surface area contributed by atoms with Gasteiger partial charge in [-0.3, -0.25) is 4.79 Å². The van der Waals surface area contributed by atoms with E-state index in [1.807, 2.05) is 6.92 Å². The van der Waals surface area contributed by atoms with Gasteiger partial charge in [0.25, 0.3) is 0 Å². The lowest BCUT2D eigenvalue weighted by Gasteiger charge is -2.35. The summed E-state index contributed by atoms with van der Waals surface area (Å²) in [6.45, 7) is 4.85. The van der Waals surface area contributed by atoms with Gasteiger partial charge in [-0.05, 0) is 31.5 Å². The van der Waals surface area contributed by atoms with Crippen LogP contribution in [0.5, 0.6) is 5.75 Å². The van der Waals surface area contributed by atoms with Crippen LogP contribution in [-0.2, 0) is 14.8 Å². The highest BCUT2D eigenvalue weighted by Crippen LogP contribution is 2.35. The van der Waals surface area contributed by atoms with E-state index in [4.69, 9.17) is 9.84 Å². The molecule has 22 heavy (non-hydrogen) atoms. The van der Waals surface area contributed by atoms with Crippen LogP contribution in [0.3, 0.4) is 0 Å². The molecule has 1 aromatic carbocycles. The van der Waals surface area contributed by atoms with Crippen molar-refractivity contribution in [1.29, 1.82) is 0 Å². The van der Waals surface area contributed by atoms with Gasteiger partial charge in [-0.2, -0.15) is 4.72 Å². The number of sulfonamides is 1. The van der Waals surface area contributed by atoms with Crippen LogP contribution in [0, 0.1) is 0 Å². The highest BCUT2D eigenvalue weighted by Gasteiger charge is 2.25. The number of carboxylic acids is 1. The summed E-state index contributed by atoms with van der Waals surface area (Å²) >= 11 is 0. The molecule has 0 saturated carbocycles. The summed E-state index contributed by atoms with van der Waals surface area (Å²) in [5.74, 6) is -0.587. The first kappa shape index (κ1) is 16.6. The minimum Gasteiger partial charge on any atom is -0.487 e. The minimum absolute atomic E-state index is 0.0339. The van der Waals surface area contributed by atoms with Gasteiger partial charge in [0.2, 0.25) is 10.0 Å². The van der Waals surface area contributed by atoms with E-state index in [1.54, 1.807) is 6.07 Å². The molecule has 1 aliphatic rings. The Morgan fingerprint density at radius 3 is 2.86 bits per heavy atom. The van der Waals surface area contributed by atoms with Gasteiger partial charge in [-0.15, -0.1) is 0 Å². The van der Waals surface area contributed by atoms with Crippen LogP contribution in [0.4, 0.5) is 5.69 Å². The second-order valence-corrected chi connectivity index (χ2v) is 6.99. The van der Waals surface area contributed by atoms with Crippen LogP contribution in [-0.4, -0.2) is 45.2 Å². The number of hydrogen-bond donors (Lipinski definition) is 2. The zero-order chi connectivity index (χ0) is 16.3. The monoisotopic (exact) mass is 328 g/mol. The first-order valence-corrected chi connectivity index (χ1v) is 8.59. The van der Waals surface area contributed by atoms with E-state index in [-0.39, 0.29) is 11.0 Å². The van der Waals surface area contributed by atoms with Gasteiger partial charge in [0.05, 0.1) is 17.1 Å². The van der Waals surface area contributed by atoms with Crippen molar-refractivity contribution < 1.29 is 23.1 Å². The predicted octanol–water partition coefficient (Wildman–Crippen LogP) is 1.05. The van der Waals surface area contributed by atoms with Crippen LogP contribution in [0.15, 0.2) is 23.1 Å². The fourth-order valence-corrected chi connectivity index (χ4v) is 3.39. The molecular weight excluding hydrogens is 308 g/mol. The summed E-state index contributed by atoms with van der Waals surface area (Å²) in [5.41, 5.74) is 0.721. The van der Waals surface area contributed by atoms with Gasteiger partial charge in [-0.1, -0.05) is 6.92 Å². The molecule has 1 aliphatic heterocycles. The first-order valence-electron chi connectivity index (χ1n) is 7.10. The number of nitrogens with zero attached hydrogens (tertiary/aromatic N) is 1. The largest absolute Gasteiger partial charge is 0.487 e. The Hall–Kier alpha value is -1.80. The molecule has 8 heteroatoms. The van der Waals surface area contributed by atoms with E-state index in [9.17, 15) is 13.2 Å². The number of carbonyl (C=O) groups is 1. The third kappa shape index (κ3) is 3.69. The highest BCUT2D eigenvalue weighted by molar-refractivity contribution is 7.89. The molecular formula is C14H20N2O5S. The summed E-state index contributed by atoms with van der Waals surface area (Å²) in [5, 5.41) is 8.60. The van der Waals surface area contributed by atoms with Crippen molar-refractivity contribution in [3.8, 4) is 5.75 Å². The van der Waals surface area contributed by atoms with Gasteiger partial charge in [-0.25, -0.2) is 8.42 Å². The average Bonchev–Trinajstić information content (AvgIpc) is 2.45. The number of anilines is 1. The van der Waals surface area contributed by atoms with Crippen molar-refractivity contribution in [3.63, 3.8) is 0 Å². The minimum atomic E-state index is -3.85. The molecule has 2 N–H and O–H groups in total. The number of rotatable bonds is 6. The fourth-order valence-electron chi connectivity index (χ4n) is 2.40. The van der Waals surface area contributed by atoms with E-state index < -0.39 is 22.5 Å². The van der Waals surface area contributed by atoms with E-state index in [0.29, 0.717) is 12.3 Å². The van der Waals surface area contributed by atoms with Crippen LogP contribution in [0.25, 0.3) is 0 Å². The molecule has 0 radical (unpaired) electrons. The van der Waals surface area contributed by atoms with E-state index in [1.165, 1.54) is 12.1 Å². The molecule has 1 heterocycles. The van der Waals surface area contributed by atoms with Gasteiger partial charge in [0, 0.05) is 6.54 Å². The number of aliphatic carboxylic acids is 1. The normalized spacial score (nSPS) is 17.7. The molecule has 0 amide bonds. The second kappa shape index (κ2) is 6.53. The zero-order valence-electron chi connectivity index (χ0n) is 12.6. The van der Waals surface area contributed by atoms with E-state index in [2.05, 4.69) is 16.5 Å².